The number of nitrogens with zero attached hydrogens (tertiary/aromatic N) is 4. The molecule has 0 saturated carbocycles. The second kappa shape index (κ2) is 7.94. The highest BCUT2D eigenvalue weighted by atomic mass is 79.9. The van der Waals surface area contributed by atoms with Crippen molar-refractivity contribution in [2.75, 3.05) is 17.8 Å². The molecule has 0 N–H and O–H groups in total. The third-order valence-electron chi connectivity index (χ3n) is 3.33. The van der Waals surface area contributed by atoms with Crippen molar-refractivity contribution in [3.05, 3.63) is 39.0 Å². The van der Waals surface area contributed by atoms with Crippen molar-refractivity contribution in [1.82, 2.24) is 20.0 Å². The van der Waals surface area contributed by atoms with Gasteiger partial charge in [-0.05, 0) is 50.9 Å². The van der Waals surface area contributed by atoms with Gasteiger partial charge in [0.1, 0.15) is 15.7 Å². The van der Waals surface area contributed by atoms with Crippen LogP contribution in [0.25, 0.3) is 17.2 Å². The number of halogens is 2. The molecular weight excluding hydrogens is 467 g/mol. The number of benzene rings is 1. The van der Waals surface area contributed by atoms with Gasteiger partial charge in [-0.2, -0.15) is 0 Å². The van der Waals surface area contributed by atoms with Gasteiger partial charge >= 0.3 is 5.76 Å². The first-order valence-electron chi connectivity index (χ1n) is 7.44. The molecular formula is C14H12BrFN4O5S2. The highest BCUT2D eigenvalue weighted by Gasteiger charge is 2.23. The lowest BCUT2D eigenvalue weighted by atomic mass is 10.3. The summed E-state index contributed by atoms with van der Waals surface area (Å²) in [6, 6.07) is 3.96. The van der Waals surface area contributed by atoms with E-state index >= 15 is 0 Å². The SMILES string of the molecule is CS(=O)(=O)CCCSc1nonc1-c1noc(=O)n1-c1ccc(F)c(Br)c1. The Bertz CT molecular complexity index is 1120. The summed E-state index contributed by atoms with van der Waals surface area (Å²) in [5, 5.41) is 11.6. The van der Waals surface area contributed by atoms with E-state index in [2.05, 4.69) is 31.4 Å². The van der Waals surface area contributed by atoms with Crippen LogP contribution in [0.5, 0.6) is 0 Å². The van der Waals surface area contributed by atoms with E-state index in [-0.39, 0.29) is 21.7 Å². The van der Waals surface area contributed by atoms with Crippen molar-refractivity contribution >= 4 is 37.5 Å². The zero-order valence-corrected chi connectivity index (χ0v) is 17.0. The molecule has 0 unspecified atom stereocenters. The van der Waals surface area contributed by atoms with Crippen LogP contribution in [0.3, 0.4) is 0 Å². The van der Waals surface area contributed by atoms with Gasteiger partial charge in [-0.3, -0.25) is 4.52 Å². The van der Waals surface area contributed by atoms with Gasteiger partial charge in [0.25, 0.3) is 0 Å². The van der Waals surface area contributed by atoms with Gasteiger partial charge in [-0.25, -0.2) is 26.8 Å². The Morgan fingerprint density at radius 1 is 1.30 bits per heavy atom. The summed E-state index contributed by atoms with van der Waals surface area (Å²) in [6.07, 6.45) is 1.57. The molecule has 13 heteroatoms. The van der Waals surface area contributed by atoms with Crippen LogP contribution in [0.4, 0.5) is 4.39 Å². The quantitative estimate of drug-likeness (QED) is 0.371. The zero-order chi connectivity index (χ0) is 19.6. The largest absolute Gasteiger partial charge is 0.446 e. The standard InChI is InChI=1S/C14H12BrFN4O5S2/c1-27(22,23)6-2-5-26-13-11(17-25-19-13)12-18-24-14(21)20(12)8-3-4-10(16)9(15)7-8/h3-4,7H,2,5-6H2,1H3. The normalized spacial score (nSPS) is 11.8. The van der Waals surface area contributed by atoms with Gasteiger partial charge in [-0.1, -0.05) is 5.16 Å². The van der Waals surface area contributed by atoms with Gasteiger partial charge in [0.05, 0.1) is 15.9 Å². The Hall–Kier alpha value is -1.99. The Kier molecular flexibility index (Phi) is 5.81. The number of aromatic nitrogens is 4. The molecule has 0 aliphatic carbocycles. The molecule has 144 valence electrons. The number of hydrogen-bond donors (Lipinski definition) is 0. The summed E-state index contributed by atoms with van der Waals surface area (Å²) in [7, 11) is -3.06. The highest BCUT2D eigenvalue weighted by molar-refractivity contribution is 9.10. The molecule has 1 aromatic carbocycles. The first kappa shape index (κ1) is 19.8. The molecule has 0 aliphatic heterocycles. The monoisotopic (exact) mass is 478 g/mol. The smallest absolute Gasteiger partial charge is 0.295 e. The first-order valence-corrected chi connectivity index (χ1v) is 11.3. The second-order valence-corrected chi connectivity index (χ2v) is 9.65. The van der Waals surface area contributed by atoms with Crippen LogP contribution >= 0.6 is 27.7 Å². The van der Waals surface area contributed by atoms with Gasteiger partial charge in [0.2, 0.25) is 5.82 Å². The molecule has 0 aliphatic rings. The van der Waals surface area contributed by atoms with Crippen molar-refractivity contribution in [2.24, 2.45) is 0 Å². The maximum Gasteiger partial charge on any atom is 0.446 e. The predicted octanol–water partition coefficient (Wildman–Crippen LogP) is 2.30. The lowest BCUT2D eigenvalue weighted by Crippen LogP contribution is -2.13. The average Bonchev–Trinajstić information content (AvgIpc) is 3.19. The summed E-state index contributed by atoms with van der Waals surface area (Å²) in [5.41, 5.74) is 0.464. The summed E-state index contributed by atoms with van der Waals surface area (Å²) in [5.74, 6) is -0.767. The Morgan fingerprint density at radius 3 is 2.78 bits per heavy atom. The lowest BCUT2D eigenvalue weighted by molar-refractivity contribution is 0.299. The Labute approximate surface area is 164 Å². The fourth-order valence-corrected chi connectivity index (χ4v) is 4.20. The molecule has 0 amide bonds. The Balaban J connectivity index is 1.89. The Morgan fingerprint density at radius 2 is 2.07 bits per heavy atom. The molecule has 0 saturated heterocycles. The zero-order valence-electron chi connectivity index (χ0n) is 13.8. The van der Waals surface area contributed by atoms with E-state index in [1.165, 1.54) is 30.0 Å². The lowest BCUT2D eigenvalue weighted by Gasteiger charge is -2.04. The molecule has 9 nitrogen and oxygen atoms in total. The second-order valence-electron chi connectivity index (χ2n) is 5.46. The van der Waals surface area contributed by atoms with Crippen molar-refractivity contribution < 1.29 is 22.0 Å². The van der Waals surface area contributed by atoms with E-state index in [1.54, 1.807) is 0 Å². The first-order chi connectivity index (χ1) is 12.8. The van der Waals surface area contributed by atoms with E-state index in [0.717, 1.165) is 10.8 Å². The summed E-state index contributed by atoms with van der Waals surface area (Å²) in [6.45, 7) is 0. The minimum atomic E-state index is -3.06. The number of rotatable bonds is 7. The van der Waals surface area contributed by atoms with Crippen LogP contribution in [-0.4, -0.2) is 46.2 Å². The maximum atomic E-state index is 13.5. The maximum absolute atomic E-state index is 13.5. The van der Waals surface area contributed by atoms with Gasteiger partial charge < -0.3 is 0 Å². The average molecular weight is 479 g/mol. The molecule has 27 heavy (non-hydrogen) atoms. The molecule has 0 radical (unpaired) electrons. The van der Waals surface area contributed by atoms with Crippen molar-refractivity contribution in [3.63, 3.8) is 0 Å². The minimum absolute atomic E-state index is 0.0328. The van der Waals surface area contributed by atoms with Crippen LogP contribution in [0.1, 0.15) is 6.42 Å². The topological polar surface area (TPSA) is 121 Å². The number of thioether (sulfide) groups is 1. The van der Waals surface area contributed by atoms with E-state index in [0.29, 0.717) is 22.9 Å². The van der Waals surface area contributed by atoms with E-state index < -0.39 is 21.4 Å². The van der Waals surface area contributed by atoms with Crippen LogP contribution in [0.2, 0.25) is 0 Å². The fraction of sp³-hybridized carbons (Fsp3) is 0.286. The molecule has 2 aromatic heterocycles. The summed E-state index contributed by atoms with van der Waals surface area (Å²) < 4.78 is 46.6. The van der Waals surface area contributed by atoms with Gasteiger partial charge in [-0.15, -0.1) is 11.8 Å². The third-order valence-corrected chi connectivity index (χ3v) is 6.01. The van der Waals surface area contributed by atoms with Crippen LogP contribution in [-0.2, 0) is 9.84 Å². The van der Waals surface area contributed by atoms with Crippen LogP contribution < -0.4 is 5.76 Å². The van der Waals surface area contributed by atoms with Gasteiger partial charge in [0, 0.05) is 12.0 Å². The molecule has 0 fully saturated rings. The van der Waals surface area contributed by atoms with Crippen molar-refractivity contribution in [3.8, 4) is 17.2 Å². The summed E-state index contributed by atoms with van der Waals surface area (Å²) >= 11 is 4.27. The minimum Gasteiger partial charge on any atom is -0.295 e. The predicted molar refractivity (Wildman–Crippen MR) is 98.1 cm³/mol. The van der Waals surface area contributed by atoms with Crippen LogP contribution in [0, 0.1) is 5.82 Å². The summed E-state index contributed by atoms with van der Waals surface area (Å²) in [4.78, 5) is 12.1. The molecule has 3 rings (SSSR count). The van der Waals surface area contributed by atoms with E-state index in [4.69, 9.17) is 9.15 Å². The molecule has 3 aromatic rings. The highest BCUT2D eigenvalue weighted by Crippen LogP contribution is 2.29. The van der Waals surface area contributed by atoms with E-state index in [9.17, 15) is 17.6 Å². The van der Waals surface area contributed by atoms with Crippen molar-refractivity contribution in [2.45, 2.75) is 11.4 Å². The van der Waals surface area contributed by atoms with Crippen LogP contribution in [0.15, 0.2) is 41.6 Å². The van der Waals surface area contributed by atoms with Crippen molar-refractivity contribution in [1.29, 1.82) is 0 Å². The molecule has 0 atom stereocenters. The number of hydrogen-bond acceptors (Lipinski definition) is 9. The molecule has 0 bridgehead atoms. The van der Waals surface area contributed by atoms with E-state index in [1.807, 2.05) is 0 Å². The van der Waals surface area contributed by atoms with Gasteiger partial charge in [0.15, 0.2) is 10.7 Å². The molecule has 2 heterocycles. The third kappa shape index (κ3) is 4.65. The number of sulfone groups is 1. The molecule has 0 spiro atoms. The fourth-order valence-electron chi connectivity index (χ4n) is 2.15.